The molecule has 1 aromatic rings. The number of β-lactam (4-membered cyclic amide) rings is 1. The molecule has 0 spiro atoms. The van der Waals surface area contributed by atoms with Crippen LogP contribution in [0.25, 0.3) is 0 Å². The van der Waals surface area contributed by atoms with E-state index in [2.05, 4.69) is 10.4 Å². The molecule has 1 saturated heterocycles. The van der Waals surface area contributed by atoms with E-state index >= 15 is 0 Å². The molecule has 4 heteroatoms. The second-order valence-corrected chi connectivity index (χ2v) is 2.90. The molecule has 1 N–H and O–H groups in total. The van der Waals surface area contributed by atoms with Crippen LogP contribution < -0.4 is 5.32 Å². The van der Waals surface area contributed by atoms with Gasteiger partial charge in [-0.3, -0.25) is 9.48 Å². The number of hydrogen-bond acceptors (Lipinski definition) is 2. The summed E-state index contributed by atoms with van der Waals surface area (Å²) in [6, 6.07) is 2.15. The molecule has 64 valence electrons. The molecular weight excluding hydrogens is 154 g/mol. The summed E-state index contributed by atoms with van der Waals surface area (Å²) >= 11 is 0. The number of rotatable bonds is 2. The molecule has 1 atom stereocenters. The lowest BCUT2D eigenvalue weighted by Gasteiger charge is -2.27. The zero-order valence-electron chi connectivity index (χ0n) is 6.95. The second kappa shape index (κ2) is 2.62. The average molecular weight is 165 g/mol. The number of nitrogens with one attached hydrogen (secondary N) is 1. The summed E-state index contributed by atoms with van der Waals surface area (Å²) in [5, 5.41) is 6.95. The van der Waals surface area contributed by atoms with Crippen LogP contribution in [-0.4, -0.2) is 15.7 Å². The average Bonchev–Trinajstić information content (AvgIpc) is 2.45. The van der Waals surface area contributed by atoms with Crippen LogP contribution in [0.3, 0.4) is 0 Å². The van der Waals surface area contributed by atoms with Crippen LogP contribution in [0.5, 0.6) is 0 Å². The largest absolute Gasteiger partial charge is 0.347 e. The lowest BCUT2D eigenvalue weighted by Crippen LogP contribution is -2.42. The molecular formula is C8H11N3O. The number of carbonyl (C=O) groups is 1. The highest BCUT2D eigenvalue weighted by atomic mass is 16.2. The molecule has 4 nitrogen and oxygen atoms in total. The lowest BCUT2D eigenvalue weighted by molar-refractivity contribution is -0.128. The molecule has 1 unspecified atom stereocenters. The van der Waals surface area contributed by atoms with Crippen molar-refractivity contribution in [2.24, 2.45) is 0 Å². The van der Waals surface area contributed by atoms with Crippen LogP contribution in [0.15, 0.2) is 12.3 Å². The lowest BCUT2D eigenvalue weighted by atomic mass is 10.0. The first-order chi connectivity index (χ1) is 5.81. The highest BCUT2D eigenvalue weighted by molar-refractivity contribution is 5.83. The van der Waals surface area contributed by atoms with Gasteiger partial charge in [0, 0.05) is 12.7 Å². The maximum atomic E-state index is 10.7. The van der Waals surface area contributed by atoms with Crippen molar-refractivity contribution < 1.29 is 4.79 Å². The minimum absolute atomic E-state index is 0.129. The molecule has 0 bridgehead atoms. The summed E-state index contributed by atoms with van der Waals surface area (Å²) in [4.78, 5) is 10.7. The van der Waals surface area contributed by atoms with Crippen molar-refractivity contribution in [2.45, 2.75) is 25.9 Å². The smallest absolute Gasteiger partial charge is 0.223 e. The van der Waals surface area contributed by atoms with Crippen molar-refractivity contribution in [1.82, 2.24) is 15.1 Å². The topological polar surface area (TPSA) is 46.9 Å². The van der Waals surface area contributed by atoms with Gasteiger partial charge in [0.2, 0.25) is 5.91 Å². The van der Waals surface area contributed by atoms with Crippen molar-refractivity contribution in [3.8, 4) is 0 Å². The van der Waals surface area contributed by atoms with Gasteiger partial charge in [-0.1, -0.05) is 0 Å². The zero-order chi connectivity index (χ0) is 8.55. The Labute approximate surface area is 70.6 Å². The monoisotopic (exact) mass is 165 g/mol. The van der Waals surface area contributed by atoms with Crippen molar-refractivity contribution in [3.05, 3.63) is 18.0 Å². The van der Waals surface area contributed by atoms with Gasteiger partial charge in [0.05, 0.1) is 18.2 Å². The van der Waals surface area contributed by atoms with Gasteiger partial charge in [0.25, 0.3) is 0 Å². The number of aromatic nitrogens is 2. The summed E-state index contributed by atoms with van der Waals surface area (Å²) in [5.41, 5.74) is 1.11. The minimum Gasteiger partial charge on any atom is -0.347 e. The first-order valence-electron chi connectivity index (χ1n) is 4.12. The van der Waals surface area contributed by atoms with Crippen molar-refractivity contribution >= 4 is 5.91 Å². The minimum atomic E-state index is 0.129. The van der Waals surface area contributed by atoms with E-state index in [0.29, 0.717) is 6.42 Å². The van der Waals surface area contributed by atoms with E-state index in [1.54, 1.807) is 6.20 Å². The van der Waals surface area contributed by atoms with Crippen LogP contribution >= 0.6 is 0 Å². The summed E-state index contributed by atoms with van der Waals surface area (Å²) in [5.74, 6) is 0.129. The van der Waals surface area contributed by atoms with Gasteiger partial charge in [-0.2, -0.15) is 5.10 Å². The van der Waals surface area contributed by atoms with Crippen LogP contribution in [0.2, 0.25) is 0 Å². The van der Waals surface area contributed by atoms with E-state index in [4.69, 9.17) is 0 Å². The Hall–Kier alpha value is -1.32. The molecule has 0 aromatic carbocycles. The molecule has 2 rings (SSSR count). The van der Waals surface area contributed by atoms with Crippen molar-refractivity contribution in [1.29, 1.82) is 0 Å². The maximum absolute atomic E-state index is 10.7. The van der Waals surface area contributed by atoms with E-state index in [0.717, 1.165) is 12.2 Å². The SMILES string of the molecule is CCn1nccc1C1CC(=O)N1. The first-order valence-corrected chi connectivity index (χ1v) is 4.12. The van der Waals surface area contributed by atoms with Gasteiger partial charge in [-0.25, -0.2) is 0 Å². The highest BCUT2D eigenvalue weighted by Crippen LogP contribution is 2.22. The van der Waals surface area contributed by atoms with Crippen molar-refractivity contribution in [3.63, 3.8) is 0 Å². The van der Waals surface area contributed by atoms with E-state index < -0.39 is 0 Å². The molecule has 0 aliphatic carbocycles. The zero-order valence-corrected chi connectivity index (χ0v) is 6.95. The Kier molecular flexibility index (Phi) is 1.60. The molecule has 1 aliphatic heterocycles. The van der Waals surface area contributed by atoms with E-state index in [9.17, 15) is 4.79 Å². The van der Waals surface area contributed by atoms with Gasteiger partial charge in [-0.05, 0) is 13.0 Å². The fourth-order valence-electron chi connectivity index (χ4n) is 1.44. The quantitative estimate of drug-likeness (QED) is 0.647. The summed E-state index contributed by atoms with van der Waals surface area (Å²) in [6.45, 7) is 2.89. The fraction of sp³-hybridized carbons (Fsp3) is 0.500. The van der Waals surface area contributed by atoms with Gasteiger partial charge in [0.1, 0.15) is 0 Å². The molecule has 1 aromatic heterocycles. The third-order valence-electron chi connectivity index (χ3n) is 2.13. The molecule has 0 saturated carbocycles. The molecule has 2 heterocycles. The van der Waals surface area contributed by atoms with Crippen molar-refractivity contribution in [2.75, 3.05) is 0 Å². The predicted octanol–water partition coefficient (Wildman–Crippen LogP) is 0.464. The van der Waals surface area contributed by atoms with E-state index in [-0.39, 0.29) is 11.9 Å². The summed E-state index contributed by atoms with van der Waals surface area (Å²) in [7, 11) is 0. The maximum Gasteiger partial charge on any atom is 0.223 e. The Morgan fingerprint density at radius 1 is 1.83 bits per heavy atom. The van der Waals surface area contributed by atoms with Crippen LogP contribution in [-0.2, 0) is 11.3 Å². The Balaban J connectivity index is 2.17. The molecule has 1 aliphatic rings. The van der Waals surface area contributed by atoms with E-state index in [1.807, 2.05) is 17.7 Å². The number of carbonyl (C=O) groups excluding carboxylic acids is 1. The second-order valence-electron chi connectivity index (χ2n) is 2.90. The number of aryl methyl sites for hydroxylation is 1. The number of hydrogen-bond donors (Lipinski definition) is 1. The Morgan fingerprint density at radius 3 is 3.17 bits per heavy atom. The molecule has 12 heavy (non-hydrogen) atoms. The Morgan fingerprint density at radius 2 is 2.58 bits per heavy atom. The predicted molar refractivity (Wildman–Crippen MR) is 43.4 cm³/mol. The van der Waals surface area contributed by atoms with Crippen LogP contribution in [0, 0.1) is 0 Å². The summed E-state index contributed by atoms with van der Waals surface area (Å²) in [6.07, 6.45) is 2.37. The van der Waals surface area contributed by atoms with Crippen LogP contribution in [0.4, 0.5) is 0 Å². The summed E-state index contributed by atoms with van der Waals surface area (Å²) < 4.78 is 1.91. The van der Waals surface area contributed by atoms with Gasteiger partial charge in [0.15, 0.2) is 0 Å². The highest BCUT2D eigenvalue weighted by Gasteiger charge is 2.28. The van der Waals surface area contributed by atoms with Crippen LogP contribution in [0.1, 0.15) is 25.1 Å². The van der Waals surface area contributed by atoms with Gasteiger partial charge in [-0.15, -0.1) is 0 Å². The van der Waals surface area contributed by atoms with Gasteiger partial charge >= 0.3 is 0 Å². The first kappa shape index (κ1) is 7.34. The molecule has 0 radical (unpaired) electrons. The Bertz CT molecular complexity index is 297. The third-order valence-corrected chi connectivity index (χ3v) is 2.13. The molecule has 1 amide bonds. The molecule has 1 fully saturated rings. The third kappa shape index (κ3) is 0.995. The normalized spacial score (nSPS) is 21.8. The standard InChI is InChI=1S/C8H11N3O/c1-2-11-7(3-4-9-11)6-5-8(12)10-6/h3-4,6H,2,5H2,1H3,(H,10,12). The van der Waals surface area contributed by atoms with Gasteiger partial charge < -0.3 is 5.32 Å². The fourth-order valence-corrected chi connectivity index (χ4v) is 1.44. The number of nitrogens with zero attached hydrogens (tertiary/aromatic N) is 2. The number of amides is 1. The van der Waals surface area contributed by atoms with E-state index in [1.165, 1.54) is 0 Å².